The predicted molar refractivity (Wildman–Crippen MR) is 102 cm³/mol. The van der Waals surface area contributed by atoms with Crippen molar-refractivity contribution in [2.75, 3.05) is 39.4 Å². The van der Waals surface area contributed by atoms with E-state index in [0.29, 0.717) is 44.6 Å². The highest BCUT2D eigenvalue weighted by Crippen LogP contribution is 2.30. The number of nitrogens with one attached hydrogen (secondary N) is 1. The number of nitrogens with two attached hydrogens (primary N) is 2. The van der Waals surface area contributed by atoms with E-state index in [4.69, 9.17) is 16.2 Å². The summed E-state index contributed by atoms with van der Waals surface area (Å²) in [6.07, 6.45) is 3.66. The van der Waals surface area contributed by atoms with Crippen LogP contribution < -0.4 is 16.8 Å². The average molecular weight is 439 g/mol. The second-order valence-corrected chi connectivity index (χ2v) is 6.26. The molecule has 2 aliphatic rings. The molecule has 2 aliphatic heterocycles. The van der Waals surface area contributed by atoms with Crippen molar-refractivity contribution < 1.29 is 9.53 Å². The van der Waals surface area contributed by atoms with Crippen LogP contribution in [0.3, 0.4) is 0 Å². The van der Waals surface area contributed by atoms with Crippen molar-refractivity contribution in [3.05, 3.63) is 0 Å². The third-order valence-corrected chi connectivity index (χ3v) is 4.95. The van der Waals surface area contributed by atoms with Crippen LogP contribution in [-0.2, 0) is 9.53 Å². The van der Waals surface area contributed by atoms with Crippen molar-refractivity contribution in [2.45, 2.75) is 38.6 Å². The lowest BCUT2D eigenvalue weighted by atomic mass is 9.79. The van der Waals surface area contributed by atoms with Crippen molar-refractivity contribution >= 4 is 35.8 Å². The number of amides is 1. The molecule has 134 valence electrons. The second-order valence-electron chi connectivity index (χ2n) is 6.26. The summed E-state index contributed by atoms with van der Waals surface area (Å²) in [7, 11) is 0. The third kappa shape index (κ3) is 5.46. The Bertz CT molecular complexity index is 413. The summed E-state index contributed by atoms with van der Waals surface area (Å²) >= 11 is 0. The van der Waals surface area contributed by atoms with Gasteiger partial charge in [0.2, 0.25) is 5.91 Å². The van der Waals surface area contributed by atoms with Gasteiger partial charge in [-0.15, -0.1) is 24.0 Å². The minimum Gasteiger partial charge on any atom is -0.381 e. The predicted octanol–water partition coefficient (Wildman–Crippen LogP) is 0.275. The molecule has 1 amide bonds. The fourth-order valence-corrected chi connectivity index (χ4v) is 3.30. The highest BCUT2D eigenvalue weighted by atomic mass is 127. The van der Waals surface area contributed by atoms with E-state index in [0.717, 1.165) is 19.6 Å². The number of aliphatic imine (C=N–C) groups is 1. The number of hydrogen-bond donors (Lipinski definition) is 3. The number of nitrogens with zero attached hydrogens (tertiary/aromatic N) is 2. The molecule has 2 rings (SSSR count). The number of rotatable bonds is 6. The molecule has 0 aromatic rings. The number of likely N-dealkylation sites (N-methyl/N-ethyl adjacent to an activating group) is 1. The molecule has 2 saturated heterocycles. The SMILES string of the molecule is CCN1CCCC1CNC(N)=NCC1(C(N)=O)CCOCC1.I. The molecule has 23 heavy (non-hydrogen) atoms. The van der Waals surface area contributed by atoms with Gasteiger partial charge in [-0.3, -0.25) is 14.7 Å². The van der Waals surface area contributed by atoms with Crippen LogP contribution in [0.15, 0.2) is 4.99 Å². The molecule has 1 unspecified atom stereocenters. The van der Waals surface area contributed by atoms with Crippen LogP contribution in [0.2, 0.25) is 0 Å². The maximum absolute atomic E-state index is 11.8. The minimum atomic E-state index is -0.604. The van der Waals surface area contributed by atoms with Crippen molar-refractivity contribution in [3.8, 4) is 0 Å². The monoisotopic (exact) mass is 439 g/mol. The fraction of sp³-hybridized carbons (Fsp3) is 0.867. The van der Waals surface area contributed by atoms with Gasteiger partial charge in [-0.1, -0.05) is 6.92 Å². The highest BCUT2D eigenvalue weighted by Gasteiger charge is 2.38. The summed E-state index contributed by atoms with van der Waals surface area (Å²) in [5.74, 6) is 0.0929. The van der Waals surface area contributed by atoms with Crippen molar-refractivity contribution in [2.24, 2.45) is 21.9 Å². The van der Waals surface area contributed by atoms with Crippen LogP contribution in [0.5, 0.6) is 0 Å². The van der Waals surface area contributed by atoms with Gasteiger partial charge >= 0.3 is 0 Å². The Hall–Kier alpha value is -0.610. The lowest BCUT2D eigenvalue weighted by molar-refractivity contribution is -0.132. The Morgan fingerprint density at radius 2 is 2.09 bits per heavy atom. The van der Waals surface area contributed by atoms with Crippen LogP contribution >= 0.6 is 24.0 Å². The van der Waals surface area contributed by atoms with E-state index in [1.54, 1.807) is 0 Å². The highest BCUT2D eigenvalue weighted by molar-refractivity contribution is 14.0. The van der Waals surface area contributed by atoms with Crippen molar-refractivity contribution in [1.82, 2.24) is 10.2 Å². The lowest BCUT2D eigenvalue weighted by Gasteiger charge is -2.32. The molecule has 1 atom stereocenters. The normalized spacial score (nSPS) is 24.9. The zero-order chi connectivity index (χ0) is 16.0. The minimum absolute atomic E-state index is 0. The molecule has 0 aromatic heterocycles. The zero-order valence-corrected chi connectivity index (χ0v) is 16.3. The smallest absolute Gasteiger partial charge is 0.225 e. The lowest BCUT2D eigenvalue weighted by Crippen LogP contribution is -2.46. The Labute approximate surface area is 155 Å². The number of carbonyl (C=O) groups is 1. The average Bonchev–Trinajstić information content (AvgIpc) is 2.99. The molecule has 5 N–H and O–H groups in total. The molecular formula is C15H30IN5O2. The van der Waals surface area contributed by atoms with Crippen molar-refractivity contribution in [3.63, 3.8) is 0 Å². The fourth-order valence-electron chi connectivity index (χ4n) is 3.30. The van der Waals surface area contributed by atoms with E-state index < -0.39 is 5.41 Å². The molecular weight excluding hydrogens is 409 g/mol. The van der Waals surface area contributed by atoms with Crippen LogP contribution in [0.4, 0.5) is 0 Å². The number of likely N-dealkylation sites (tertiary alicyclic amines) is 1. The van der Waals surface area contributed by atoms with E-state index in [1.807, 2.05) is 0 Å². The summed E-state index contributed by atoms with van der Waals surface area (Å²) in [4.78, 5) is 18.6. The number of halogens is 1. The number of ether oxygens (including phenoxy) is 1. The molecule has 8 heteroatoms. The van der Waals surface area contributed by atoms with Crippen molar-refractivity contribution in [1.29, 1.82) is 0 Å². The van der Waals surface area contributed by atoms with Gasteiger partial charge in [-0.25, -0.2) is 0 Å². The summed E-state index contributed by atoms with van der Waals surface area (Å²) in [6, 6.07) is 0.520. The first-order chi connectivity index (χ1) is 10.6. The molecule has 0 saturated carbocycles. The molecule has 0 aliphatic carbocycles. The first kappa shape index (κ1) is 20.4. The van der Waals surface area contributed by atoms with E-state index in [-0.39, 0.29) is 29.9 Å². The zero-order valence-electron chi connectivity index (χ0n) is 13.9. The van der Waals surface area contributed by atoms with Gasteiger partial charge in [-0.05, 0) is 38.8 Å². The second kappa shape index (κ2) is 9.63. The molecule has 0 spiro atoms. The summed E-state index contributed by atoms with van der Waals surface area (Å²) in [5, 5.41) is 3.19. The Morgan fingerprint density at radius 3 is 2.70 bits per heavy atom. The van der Waals surface area contributed by atoms with E-state index in [1.165, 1.54) is 12.8 Å². The number of carbonyl (C=O) groups excluding carboxylic acids is 1. The van der Waals surface area contributed by atoms with Gasteiger partial charge < -0.3 is 21.5 Å². The van der Waals surface area contributed by atoms with Crippen LogP contribution in [-0.4, -0.2) is 62.2 Å². The van der Waals surface area contributed by atoms with Crippen LogP contribution in [0.1, 0.15) is 32.6 Å². The van der Waals surface area contributed by atoms with Gasteiger partial charge in [0, 0.05) is 25.8 Å². The largest absolute Gasteiger partial charge is 0.381 e. The van der Waals surface area contributed by atoms with Gasteiger partial charge in [0.25, 0.3) is 0 Å². The summed E-state index contributed by atoms with van der Waals surface area (Å²) < 4.78 is 5.31. The maximum Gasteiger partial charge on any atom is 0.225 e. The van der Waals surface area contributed by atoms with Gasteiger partial charge in [0.05, 0.1) is 12.0 Å². The van der Waals surface area contributed by atoms with Gasteiger partial charge in [0.15, 0.2) is 5.96 Å². The summed E-state index contributed by atoms with van der Waals surface area (Å²) in [6.45, 7) is 6.65. The first-order valence-electron chi connectivity index (χ1n) is 8.23. The van der Waals surface area contributed by atoms with Gasteiger partial charge in [-0.2, -0.15) is 0 Å². The Morgan fingerprint density at radius 1 is 1.39 bits per heavy atom. The Kier molecular flexibility index (Phi) is 8.56. The molecule has 0 bridgehead atoms. The van der Waals surface area contributed by atoms with E-state index >= 15 is 0 Å². The first-order valence-corrected chi connectivity index (χ1v) is 8.23. The summed E-state index contributed by atoms with van der Waals surface area (Å²) in [5.41, 5.74) is 10.9. The quantitative estimate of drug-likeness (QED) is 0.313. The van der Waals surface area contributed by atoms with E-state index in [2.05, 4.69) is 22.1 Å². The molecule has 2 heterocycles. The van der Waals surface area contributed by atoms with Crippen LogP contribution in [0, 0.1) is 5.41 Å². The van der Waals surface area contributed by atoms with Crippen LogP contribution in [0.25, 0.3) is 0 Å². The standard InChI is InChI=1S/C15H29N5O2.HI/c1-2-20-7-3-4-12(20)10-18-14(17)19-11-15(13(16)21)5-8-22-9-6-15;/h12H,2-11H2,1H3,(H2,16,21)(H3,17,18,19);1H. The number of primary amides is 1. The van der Waals surface area contributed by atoms with Gasteiger partial charge in [0.1, 0.15) is 0 Å². The molecule has 7 nitrogen and oxygen atoms in total. The van der Waals surface area contributed by atoms with E-state index in [9.17, 15) is 4.79 Å². The number of guanidine groups is 1. The topological polar surface area (TPSA) is 106 Å². The maximum atomic E-state index is 11.8. The third-order valence-electron chi connectivity index (χ3n) is 4.95. The Balaban J connectivity index is 0.00000264. The number of hydrogen-bond acceptors (Lipinski definition) is 4. The molecule has 0 aromatic carbocycles. The molecule has 2 fully saturated rings. The molecule has 0 radical (unpaired) electrons.